The van der Waals surface area contributed by atoms with Crippen LogP contribution in [-0.4, -0.2) is 23.0 Å². The molecule has 1 saturated carbocycles. The third-order valence-corrected chi connectivity index (χ3v) is 4.83. The average Bonchev–Trinajstić information content (AvgIpc) is 3.55. The Kier molecular flexibility index (Phi) is 4.96. The molecule has 3 aromatic rings. The molecule has 0 bridgehead atoms. The van der Waals surface area contributed by atoms with Crippen molar-refractivity contribution in [3.63, 3.8) is 0 Å². The van der Waals surface area contributed by atoms with Gasteiger partial charge in [-0.3, -0.25) is 0 Å². The van der Waals surface area contributed by atoms with Crippen molar-refractivity contribution < 1.29 is 13.9 Å². The summed E-state index contributed by atoms with van der Waals surface area (Å²) in [4.78, 5) is 20.6. The molecule has 1 heterocycles. The predicted molar refractivity (Wildman–Crippen MR) is 105 cm³/mol. The molecular formula is C21H17ClFN3O2. The molecule has 5 nitrogen and oxygen atoms in total. The van der Waals surface area contributed by atoms with Crippen LogP contribution in [0.3, 0.4) is 0 Å². The van der Waals surface area contributed by atoms with Gasteiger partial charge in [0.05, 0.1) is 42.0 Å². The summed E-state index contributed by atoms with van der Waals surface area (Å²) in [5, 5.41) is 3.54. The molecule has 0 saturated heterocycles. The van der Waals surface area contributed by atoms with E-state index in [0.29, 0.717) is 27.9 Å². The molecule has 0 unspecified atom stereocenters. The molecule has 0 atom stereocenters. The molecule has 1 aromatic heterocycles. The Morgan fingerprint density at radius 1 is 1.18 bits per heavy atom. The molecule has 1 fully saturated rings. The summed E-state index contributed by atoms with van der Waals surface area (Å²) in [6.45, 7) is 0. The smallest absolute Gasteiger partial charge is 0.339 e. The van der Waals surface area contributed by atoms with Crippen LogP contribution in [0.2, 0.25) is 5.02 Å². The van der Waals surface area contributed by atoms with Gasteiger partial charge in [-0.15, -0.1) is 0 Å². The van der Waals surface area contributed by atoms with E-state index in [-0.39, 0.29) is 11.4 Å². The highest BCUT2D eigenvalue weighted by Gasteiger charge is 2.25. The molecule has 0 aliphatic heterocycles. The standard InChI is InChI=1S/C21H17ClFN3O2/c1-28-21(27)17-8-13(12-2-3-12)4-7-19(17)26-15-10-24-20(25-11-15)16-9-14(22)5-6-18(16)23/h4-12,26H,2-3H2,1H3. The van der Waals surface area contributed by atoms with Crippen molar-refractivity contribution in [3.05, 3.63) is 70.8 Å². The first-order chi connectivity index (χ1) is 13.5. The Labute approximate surface area is 166 Å². The number of nitrogens with one attached hydrogen (secondary N) is 1. The highest BCUT2D eigenvalue weighted by Crippen LogP contribution is 2.41. The summed E-state index contributed by atoms with van der Waals surface area (Å²) < 4.78 is 18.9. The Bertz CT molecular complexity index is 1040. The van der Waals surface area contributed by atoms with Gasteiger partial charge in [-0.05, 0) is 54.7 Å². The zero-order chi connectivity index (χ0) is 19.7. The van der Waals surface area contributed by atoms with Crippen molar-refractivity contribution in [2.24, 2.45) is 0 Å². The molecule has 0 radical (unpaired) electrons. The number of halogens is 2. The third kappa shape index (κ3) is 3.82. The summed E-state index contributed by atoms with van der Waals surface area (Å²) in [6.07, 6.45) is 5.34. The molecule has 28 heavy (non-hydrogen) atoms. The fourth-order valence-corrected chi connectivity index (χ4v) is 3.15. The van der Waals surface area contributed by atoms with Gasteiger partial charge in [0.15, 0.2) is 5.82 Å². The number of aromatic nitrogens is 2. The number of rotatable bonds is 5. The van der Waals surface area contributed by atoms with Crippen LogP contribution in [0.15, 0.2) is 48.8 Å². The van der Waals surface area contributed by atoms with Gasteiger partial charge in [0, 0.05) is 5.02 Å². The van der Waals surface area contributed by atoms with Crippen LogP contribution in [0.1, 0.15) is 34.7 Å². The number of anilines is 2. The molecular weight excluding hydrogens is 381 g/mol. The minimum Gasteiger partial charge on any atom is -0.465 e. The van der Waals surface area contributed by atoms with Crippen LogP contribution >= 0.6 is 11.6 Å². The monoisotopic (exact) mass is 397 g/mol. The molecule has 1 N–H and O–H groups in total. The van der Waals surface area contributed by atoms with E-state index in [4.69, 9.17) is 16.3 Å². The van der Waals surface area contributed by atoms with Crippen LogP contribution in [0, 0.1) is 5.82 Å². The van der Waals surface area contributed by atoms with Crippen molar-refractivity contribution in [1.29, 1.82) is 0 Å². The van der Waals surface area contributed by atoms with Gasteiger partial charge >= 0.3 is 5.97 Å². The SMILES string of the molecule is COC(=O)c1cc(C2CC2)ccc1Nc1cnc(-c2cc(Cl)ccc2F)nc1. The largest absolute Gasteiger partial charge is 0.465 e. The maximum atomic E-state index is 14.0. The van der Waals surface area contributed by atoms with E-state index in [0.717, 1.165) is 18.4 Å². The van der Waals surface area contributed by atoms with Gasteiger partial charge < -0.3 is 10.1 Å². The highest BCUT2D eigenvalue weighted by molar-refractivity contribution is 6.30. The molecule has 0 spiro atoms. The lowest BCUT2D eigenvalue weighted by Gasteiger charge is -2.12. The maximum Gasteiger partial charge on any atom is 0.339 e. The second-order valence-corrected chi connectivity index (χ2v) is 7.05. The molecule has 7 heteroatoms. The molecule has 1 aliphatic carbocycles. The van der Waals surface area contributed by atoms with E-state index < -0.39 is 11.8 Å². The normalized spacial score (nSPS) is 13.2. The van der Waals surface area contributed by atoms with Crippen molar-refractivity contribution in [2.45, 2.75) is 18.8 Å². The second kappa shape index (κ2) is 7.56. The number of ether oxygens (including phenoxy) is 1. The van der Waals surface area contributed by atoms with Crippen LogP contribution in [0.4, 0.5) is 15.8 Å². The maximum absolute atomic E-state index is 14.0. The van der Waals surface area contributed by atoms with Crippen LogP contribution < -0.4 is 5.32 Å². The zero-order valence-corrected chi connectivity index (χ0v) is 15.8. The summed E-state index contributed by atoms with van der Waals surface area (Å²) in [5.41, 5.74) is 2.98. The lowest BCUT2D eigenvalue weighted by molar-refractivity contribution is 0.0602. The van der Waals surface area contributed by atoms with E-state index in [9.17, 15) is 9.18 Å². The number of carbonyl (C=O) groups excluding carboxylic acids is 1. The van der Waals surface area contributed by atoms with Crippen molar-refractivity contribution in [3.8, 4) is 11.4 Å². The van der Waals surface area contributed by atoms with Crippen molar-refractivity contribution >= 4 is 28.9 Å². The van der Waals surface area contributed by atoms with Gasteiger partial charge in [0.1, 0.15) is 5.82 Å². The Balaban J connectivity index is 1.61. The Morgan fingerprint density at radius 2 is 1.93 bits per heavy atom. The number of carbonyl (C=O) groups is 1. The average molecular weight is 398 g/mol. The number of nitrogens with zero attached hydrogens (tertiary/aromatic N) is 2. The number of methoxy groups -OCH3 is 1. The van der Waals surface area contributed by atoms with E-state index in [1.54, 1.807) is 0 Å². The van der Waals surface area contributed by atoms with Gasteiger partial charge in [-0.1, -0.05) is 17.7 Å². The summed E-state index contributed by atoms with van der Waals surface area (Å²) in [6, 6.07) is 9.94. The first-order valence-corrected chi connectivity index (χ1v) is 9.19. The van der Waals surface area contributed by atoms with Crippen LogP contribution in [-0.2, 0) is 4.74 Å². The van der Waals surface area contributed by atoms with Gasteiger partial charge in [-0.25, -0.2) is 19.2 Å². The molecule has 142 valence electrons. The van der Waals surface area contributed by atoms with Crippen LogP contribution in [0.5, 0.6) is 0 Å². The fourth-order valence-electron chi connectivity index (χ4n) is 2.98. The first-order valence-electron chi connectivity index (χ1n) is 8.82. The van der Waals surface area contributed by atoms with Gasteiger partial charge in [0.2, 0.25) is 0 Å². The highest BCUT2D eigenvalue weighted by atomic mass is 35.5. The van der Waals surface area contributed by atoms with Crippen molar-refractivity contribution in [2.75, 3.05) is 12.4 Å². The number of hydrogen-bond acceptors (Lipinski definition) is 5. The lowest BCUT2D eigenvalue weighted by Crippen LogP contribution is -2.07. The number of esters is 1. The molecule has 4 rings (SSSR count). The zero-order valence-electron chi connectivity index (χ0n) is 15.1. The van der Waals surface area contributed by atoms with Crippen LogP contribution in [0.25, 0.3) is 11.4 Å². The molecule has 0 amide bonds. The second-order valence-electron chi connectivity index (χ2n) is 6.62. The quantitative estimate of drug-likeness (QED) is 0.588. The topological polar surface area (TPSA) is 64.1 Å². The summed E-state index contributed by atoms with van der Waals surface area (Å²) in [7, 11) is 1.35. The number of benzene rings is 2. The van der Waals surface area contributed by atoms with E-state index in [2.05, 4.69) is 15.3 Å². The van der Waals surface area contributed by atoms with E-state index in [1.807, 2.05) is 18.2 Å². The molecule has 2 aromatic carbocycles. The van der Waals surface area contributed by atoms with E-state index in [1.165, 1.54) is 37.7 Å². The molecule has 1 aliphatic rings. The fraction of sp³-hybridized carbons (Fsp3) is 0.190. The summed E-state index contributed by atoms with van der Waals surface area (Å²) >= 11 is 5.93. The Hall–Kier alpha value is -2.99. The number of hydrogen-bond donors (Lipinski definition) is 1. The predicted octanol–water partition coefficient (Wildman–Crippen LogP) is 5.34. The van der Waals surface area contributed by atoms with Crippen molar-refractivity contribution in [1.82, 2.24) is 9.97 Å². The first kappa shape index (κ1) is 18.4. The van der Waals surface area contributed by atoms with E-state index >= 15 is 0 Å². The minimum absolute atomic E-state index is 0.225. The van der Waals surface area contributed by atoms with Gasteiger partial charge in [0.25, 0.3) is 0 Å². The minimum atomic E-state index is -0.450. The summed E-state index contributed by atoms with van der Waals surface area (Å²) in [5.74, 6) is -0.118. The lowest BCUT2D eigenvalue weighted by atomic mass is 10.0. The Morgan fingerprint density at radius 3 is 2.61 bits per heavy atom. The third-order valence-electron chi connectivity index (χ3n) is 4.60. The van der Waals surface area contributed by atoms with Gasteiger partial charge in [-0.2, -0.15) is 0 Å².